The lowest BCUT2D eigenvalue weighted by atomic mass is 10.1. The van der Waals surface area contributed by atoms with Crippen LogP contribution in [-0.4, -0.2) is 35.2 Å². The second kappa shape index (κ2) is 5.85. The SMILES string of the molecule is CCC1CN(c2ccc(Cl)cc2C(=O)O)CCS1. The molecule has 3 nitrogen and oxygen atoms in total. The van der Waals surface area contributed by atoms with Gasteiger partial charge in [-0.05, 0) is 24.6 Å². The Labute approximate surface area is 116 Å². The number of hydrogen-bond acceptors (Lipinski definition) is 3. The highest BCUT2D eigenvalue weighted by atomic mass is 35.5. The van der Waals surface area contributed by atoms with Crippen molar-refractivity contribution >= 4 is 35.0 Å². The molecular formula is C13H16ClNO2S. The minimum Gasteiger partial charge on any atom is -0.478 e. The van der Waals surface area contributed by atoms with Crippen molar-refractivity contribution in [1.29, 1.82) is 0 Å². The van der Waals surface area contributed by atoms with Gasteiger partial charge in [0.2, 0.25) is 0 Å². The Morgan fingerprint density at radius 3 is 3.06 bits per heavy atom. The van der Waals surface area contributed by atoms with Crippen molar-refractivity contribution in [2.24, 2.45) is 0 Å². The van der Waals surface area contributed by atoms with E-state index in [4.69, 9.17) is 11.6 Å². The van der Waals surface area contributed by atoms with E-state index in [1.54, 1.807) is 6.07 Å². The van der Waals surface area contributed by atoms with Crippen LogP contribution < -0.4 is 4.90 Å². The molecule has 0 amide bonds. The molecule has 1 unspecified atom stereocenters. The Morgan fingerprint density at radius 2 is 2.39 bits per heavy atom. The molecule has 0 spiro atoms. The van der Waals surface area contributed by atoms with Crippen molar-refractivity contribution in [1.82, 2.24) is 0 Å². The van der Waals surface area contributed by atoms with Crippen LogP contribution in [0.1, 0.15) is 23.7 Å². The first kappa shape index (κ1) is 13.6. The summed E-state index contributed by atoms with van der Waals surface area (Å²) in [4.78, 5) is 13.4. The second-order valence-corrected chi connectivity index (χ2v) is 6.16. The van der Waals surface area contributed by atoms with Crippen molar-refractivity contribution in [3.63, 3.8) is 0 Å². The molecule has 1 aromatic rings. The summed E-state index contributed by atoms with van der Waals surface area (Å²) < 4.78 is 0. The van der Waals surface area contributed by atoms with Gasteiger partial charge in [0.1, 0.15) is 0 Å². The minimum absolute atomic E-state index is 0.296. The van der Waals surface area contributed by atoms with Crippen LogP contribution in [-0.2, 0) is 0 Å². The molecule has 1 aromatic carbocycles. The lowest BCUT2D eigenvalue weighted by Gasteiger charge is -2.34. The van der Waals surface area contributed by atoms with Gasteiger partial charge >= 0.3 is 5.97 Å². The van der Waals surface area contributed by atoms with Gasteiger partial charge in [0.15, 0.2) is 0 Å². The average molecular weight is 286 g/mol. The van der Waals surface area contributed by atoms with Crippen LogP contribution in [0.25, 0.3) is 0 Å². The van der Waals surface area contributed by atoms with Crippen molar-refractivity contribution in [2.45, 2.75) is 18.6 Å². The van der Waals surface area contributed by atoms with Crippen LogP contribution in [0.3, 0.4) is 0 Å². The highest BCUT2D eigenvalue weighted by Crippen LogP contribution is 2.29. The molecule has 1 saturated heterocycles. The number of rotatable bonds is 3. The fourth-order valence-corrected chi connectivity index (χ4v) is 3.49. The normalized spacial score (nSPS) is 19.9. The number of thioether (sulfide) groups is 1. The third kappa shape index (κ3) is 2.93. The first-order chi connectivity index (χ1) is 8.61. The molecule has 18 heavy (non-hydrogen) atoms. The molecule has 5 heteroatoms. The summed E-state index contributed by atoms with van der Waals surface area (Å²) in [5.41, 5.74) is 1.08. The zero-order valence-corrected chi connectivity index (χ0v) is 11.8. The highest BCUT2D eigenvalue weighted by Gasteiger charge is 2.23. The first-order valence-electron chi connectivity index (χ1n) is 6.01. The predicted molar refractivity (Wildman–Crippen MR) is 77.2 cm³/mol. The number of benzene rings is 1. The van der Waals surface area contributed by atoms with Crippen LogP contribution in [0.4, 0.5) is 5.69 Å². The topological polar surface area (TPSA) is 40.5 Å². The Bertz CT molecular complexity index is 453. The van der Waals surface area contributed by atoms with Gasteiger partial charge in [-0.2, -0.15) is 11.8 Å². The van der Waals surface area contributed by atoms with Crippen LogP contribution in [0.2, 0.25) is 5.02 Å². The molecule has 0 bridgehead atoms. The smallest absolute Gasteiger partial charge is 0.337 e. The monoisotopic (exact) mass is 285 g/mol. The first-order valence-corrected chi connectivity index (χ1v) is 7.44. The van der Waals surface area contributed by atoms with Crippen molar-refractivity contribution in [3.05, 3.63) is 28.8 Å². The lowest BCUT2D eigenvalue weighted by molar-refractivity contribution is 0.0697. The predicted octanol–water partition coefficient (Wildman–Crippen LogP) is 3.37. The van der Waals surface area contributed by atoms with Crippen LogP contribution in [0, 0.1) is 0 Å². The summed E-state index contributed by atoms with van der Waals surface area (Å²) in [5.74, 6) is 0.124. The van der Waals surface area contributed by atoms with Crippen molar-refractivity contribution in [2.75, 3.05) is 23.7 Å². The highest BCUT2D eigenvalue weighted by molar-refractivity contribution is 8.00. The Balaban J connectivity index is 2.29. The summed E-state index contributed by atoms with van der Waals surface area (Å²) in [6.07, 6.45) is 1.11. The number of aromatic carboxylic acids is 1. The molecule has 1 aliphatic rings. The van der Waals surface area contributed by atoms with Crippen LogP contribution in [0.15, 0.2) is 18.2 Å². The van der Waals surface area contributed by atoms with E-state index < -0.39 is 5.97 Å². The summed E-state index contributed by atoms with van der Waals surface area (Å²) in [6, 6.07) is 5.10. The molecule has 1 atom stereocenters. The van der Waals surface area contributed by atoms with Gasteiger partial charge in [0.05, 0.1) is 11.3 Å². The molecular weight excluding hydrogens is 270 g/mol. The largest absolute Gasteiger partial charge is 0.478 e. The summed E-state index contributed by atoms with van der Waals surface area (Å²) in [6.45, 7) is 3.97. The van der Waals surface area contributed by atoms with Gasteiger partial charge in [0, 0.05) is 29.1 Å². The maximum atomic E-state index is 11.3. The molecule has 1 N–H and O–H groups in total. The minimum atomic E-state index is -0.918. The molecule has 1 aliphatic heterocycles. The molecule has 1 heterocycles. The zero-order valence-electron chi connectivity index (χ0n) is 10.2. The molecule has 0 aliphatic carbocycles. The third-order valence-corrected chi connectivity index (χ3v) is 4.73. The summed E-state index contributed by atoms with van der Waals surface area (Å²) >= 11 is 7.83. The van der Waals surface area contributed by atoms with E-state index in [-0.39, 0.29) is 0 Å². The molecule has 1 fully saturated rings. The summed E-state index contributed by atoms with van der Waals surface area (Å²) in [5, 5.41) is 10.3. The lowest BCUT2D eigenvalue weighted by Crippen LogP contribution is -2.38. The number of halogens is 1. The van der Waals surface area contributed by atoms with Gasteiger partial charge in [0.25, 0.3) is 0 Å². The number of anilines is 1. The molecule has 0 saturated carbocycles. The van der Waals surface area contributed by atoms with Gasteiger partial charge in [-0.15, -0.1) is 0 Å². The average Bonchev–Trinajstić information content (AvgIpc) is 2.38. The van der Waals surface area contributed by atoms with E-state index >= 15 is 0 Å². The maximum Gasteiger partial charge on any atom is 0.337 e. The number of hydrogen-bond donors (Lipinski definition) is 1. The van der Waals surface area contributed by atoms with E-state index in [1.165, 1.54) is 6.07 Å². The van der Waals surface area contributed by atoms with Gasteiger partial charge in [-0.25, -0.2) is 4.79 Å². The second-order valence-electron chi connectivity index (χ2n) is 4.31. The fourth-order valence-electron chi connectivity index (χ4n) is 2.14. The van der Waals surface area contributed by atoms with E-state index in [2.05, 4.69) is 11.8 Å². The molecule has 0 radical (unpaired) electrons. The van der Waals surface area contributed by atoms with Gasteiger partial charge in [-0.1, -0.05) is 18.5 Å². The Kier molecular flexibility index (Phi) is 4.40. The number of carboxylic acid groups (broad SMARTS) is 1. The third-order valence-electron chi connectivity index (χ3n) is 3.12. The summed E-state index contributed by atoms with van der Waals surface area (Å²) in [7, 11) is 0. The van der Waals surface area contributed by atoms with Gasteiger partial charge < -0.3 is 10.0 Å². The van der Waals surface area contributed by atoms with Crippen LogP contribution >= 0.6 is 23.4 Å². The van der Waals surface area contributed by atoms with E-state index in [0.29, 0.717) is 15.8 Å². The number of carboxylic acids is 1. The quantitative estimate of drug-likeness (QED) is 0.924. The van der Waals surface area contributed by atoms with Gasteiger partial charge in [-0.3, -0.25) is 0 Å². The molecule has 2 rings (SSSR count). The molecule has 98 valence electrons. The van der Waals surface area contributed by atoms with E-state index in [0.717, 1.165) is 31.0 Å². The fraction of sp³-hybridized carbons (Fsp3) is 0.462. The molecule has 0 aromatic heterocycles. The van der Waals surface area contributed by atoms with E-state index in [1.807, 2.05) is 17.8 Å². The number of nitrogens with zero attached hydrogens (tertiary/aromatic N) is 1. The zero-order chi connectivity index (χ0) is 13.1. The van der Waals surface area contributed by atoms with Crippen molar-refractivity contribution in [3.8, 4) is 0 Å². The van der Waals surface area contributed by atoms with Crippen LogP contribution in [0.5, 0.6) is 0 Å². The van der Waals surface area contributed by atoms with Crippen molar-refractivity contribution < 1.29 is 9.90 Å². The number of carbonyl (C=O) groups is 1. The Hall–Kier alpha value is -0.870. The standard InChI is InChI=1S/C13H16ClNO2S/c1-2-10-8-15(5-6-18-10)12-4-3-9(14)7-11(12)13(16)17/h3-4,7,10H,2,5-6,8H2,1H3,(H,16,17). The maximum absolute atomic E-state index is 11.3. The Morgan fingerprint density at radius 1 is 1.61 bits per heavy atom. The van der Waals surface area contributed by atoms with E-state index in [9.17, 15) is 9.90 Å².